The number of aryl methyl sites for hydroxylation is 2. The van der Waals surface area contributed by atoms with Crippen molar-refractivity contribution in [1.82, 2.24) is 5.32 Å². The van der Waals surface area contributed by atoms with Crippen molar-refractivity contribution < 1.29 is 14.0 Å². The second-order valence-corrected chi connectivity index (χ2v) is 9.93. The molecule has 0 saturated heterocycles. The van der Waals surface area contributed by atoms with Gasteiger partial charge in [0.25, 0.3) is 5.91 Å². The van der Waals surface area contributed by atoms with Crippen molar-refractivity contribution in [2.45, 2.75) is 26.7 Å². The number of carbonyl (C=O) groups excluding carboxylic acids is 2. The summed E-state index contributed by atoms with van der Waals surface area (Å²) in [5.41, 5.74) is 4.29. The van der Waals surface area contributed by atoms with Gasteiger partial charge in [-0.3, -0.25) is 9.59 Å². The van der Waals surface area contributed by atoms with Gasteiger partial charge in [0.05, 0.1) is 28.3 Å². The maximum absolute atomic E-state index is 15.1. The smallest absolute Gasteiger partial charge is 0.254 e. The molecule has 8 heteroatoms. The third-order valence-electron chi connectivity index (χ3n) is 6.15. The molecule has 0 radical (unpaired) electrons. The van der Waals surface area contributed by atoms with Gasteiger partial charge in [-0.2, -0.15) is 5.26 Å². The summed E-state index contributed by atoms with van der Waals surface area (Å²) in [5.74, 6) is -2.15. The first-order valence-corrected chi connectivity index (χ1v) is 13.0. The number of amides is 2. The normalized spacial score (nSPS) is 15.0. The van der Waals surface area contributed by atoms with Crippen molar-refractivity contribution in [3.8, 4) is 6.07 Å². The van der Waals surface area contributed by atoms with Crippen molar-refractivity contribution in [1.29, 1.82) is 5.26 Å². The highest BCUT2D eigenvalue weighted by Crippen LogP contribution is 2.41. The second kappa shape index (κ2) is 11.8. The number of carbonyl (C=O) groups is 2. The number of dihydropyridines is 1. The summed E-state index contributed by atoms with van der Waals surface area (Å²) in [5, 5.41) is 19.5. The van der Waals surface area contributed by atoms with E-state index in [9.17, 15) is 14.9 Å². The van der Waals surface area contributed by atoms with Crippen LogP contribution in [0, 0.1) is 31.0 Å². The Balaban J connectivity index is 1.65. The van der Waals surface area contributed by atoms with E-state index in [-0.39, 0.29) is 28.4 Å². The molecule has 1 heterocycles. The molecule has 3 aromatic carbocycles. The number of rotatable bonds is 7. The van der Waals surface area contributed by atoms with Gasteiger partial charge in [0.15, 0.2) is 0 Å². The van der Waals surface area contributed by atoms with Gasteiger partial charge in [0.2, 0.25) is 5.91 Å². The van der Waals surface area contributed by atoms with Crippen LogP contribution in [0.1, 0.15) is 29.5 Å². The van der Waals surface area contributed by atoms with Gasteiger partial charge >= 0.3 is 0 Å². The molecule has 1 aliphatic heterocycles. The topological polar surface area (TPSA) is 94.0 Å². The maximum Gasteiger partial charge on any atom is 0.254 e. The summed E-state index contributed by atoms with van der Waals surface area (Å²) in [6.07, 6.45) is 0. The number of anilines is 2. The van der Waals surface area contributed by atoms with E-state index in [2.05, 4.69) is 22.0 Å². The minimum Gasteiger partial charge on any atom is -0.353 e. The van der Waals surface area contributed by atoms with Crippen LogP contribution in [-0.4, -0.2) is 17.6 Å². The molecule has 4 rings (SSSR count). The number of nitrogens with one attached hydrogen (secondary N) is 3. The fourth-order valence-corrected chi connectivity index (χ4v) is 5.20. The molecule has 1 aliphatic rings. The van der Waals surface area contributed by atoms with Crippen LogP contribution in [0.2, 0.25) is 0 Å². The lowest BCUT2D eigenvalue weighted by Gasteiger charge is -2.30. The number of allylic oxidation sites excluding steroid dienone is 2. The summed E-state index contributed by atoms with van der Waals surface area (Å²) in [4.78, 5) is 26.2. The number of hydrogen-bond donors (Lipinski definition) is 3. The standard InChI is InChI=1S/C30H27FN4O2S/c1-18-9-8-11-21(15-18)34-26(36)17-38-30-23(16-32)28(22-12-5-6-13-24(22)31)27(20(3)33-30)29(37)35-25-14-7-4-10-19(25)2/h4-15,28,33H,17H2,1-3H3,(H,34,36)(H,35,37)/t28-/m1/s1. The SMILES string of the molecule is CC1=C(C(=O)Nc2ccccc2C)[C@H](c2ccccc2F)C(C#N)=C(SCC(=O)Nc2cccc(C)c2)N1. The first kappa shape index (κ1) is 26.7. The highest BCUT2D eigenvalue weighted by atomic mass is 32.2. The first-order chi connectivity index (χ1) is 18.3. The predicted molar refractivity (Wildman–Crippen MR) is 150 cm³/mol. The maximum atomic E-state index is 15.1. The Morgan fingerprint density at radius 2 is 1.74 bits per heavy atom. The summed E-state index contributed by atoms with van der Waals surface area (Å²) >= 11 is 1.14. The molecule has 2 amide bonds. The Morgan fingerprint density at radius 1 is 1.00 bits per heavy atom. The van der Waals surface area contributed by atoms with Crippen molar-refractivity contribution >= 4 is 35.0 Å². The Labute approximate surface area is 225 Å². The molecule has 3 aromatic rings. The molecule has 0 bridgehead atoms. The molecule has 1 atom stereocenters. The number of hydrogen-bond acceptors (Lipinski definition) is 5. The van der Waals surface area contributed by atoms with Gasteiger partial charge in [-0.15, -0.1) is 0 Å². The molecule has 38 heavy (non-hydrogen) atoms. The lowest BCUT2D eigenvalue weighted by atomic mass is 9.82. The minimum absolute atomic E-state index is 0.0173. The molecule has 0 fully saturated rings. The zero-order valence-corrected chi connectivity index (χ0v) is 22.1. The van der Waals surface area contributed by atoms with Crippen LogP contribution >= 0.6 is 11.8 Å². The van der Waals surface area contributed by atoms with Crippen LogP contribution in [0.5, 0.6) is 0 Å². The fourth-order valence-electron chi connectivity index (χ4n) is 4.31. The van der Waals surface area contributed by atoms with Crippen molar-refractivity contribution in [2.24, 2.45) is 0 Å². The molecular weight excluding hydrogens is 499 g/mol. The average molecular weight is 527 g/mol. The van der Waals surface area contributed by atoms with Crippen LogP contribution in [0.4, 0.5) is 15.8 Å². The van der Waals surface area contributed by atoms with E-state index in [1.54, 1.807) is 37.3 Å². The highest BCUT2D eigenvalue weighted by molar-refractivity contribution is 8.03. The van der Waals surface area contributed by atoms with Gasteiger partial charge in [-0.1, -0.05) is 60.3 Å². The van der Waals surface area contributed by atoms with Gasteiger partial charge in [0, 0.05) is 28.2 Å². The summed E-state index contributed by atoms with van der Waals surface area (Å²) in [7, 11) is 0. The predicted octanol–water partition coefficient (Wildman–Crippen LogP) is 6.15. The summed E-state index contributed by atoms with van der Waals surface area (Å²) < 4.78 is 15.1. The minimum atomic E-state index is -0.950. The Hall–Kier alpha value is -4.35. The lowest BCUT2D eigenvalue weighted by Crippen LogP contribution is -2.31. The fraction of sp³-hybridized carbons (Fsp3) is 0.167. The highest BCUT2D eigenvalue weighted by Gasteiger charge is 2.36. The first-order valence-electron chi connectivity index (χ1n) is 12.0. The largest absolute Gasteiger partial charge is 0.353 e. The summed E-state index contributed by atoms with van der Waals surface area (Å²) in [6.45, 7) is 5.52. The number of para-hydroxylation sites is 1. The van der Waals surface area contributed by atoms with Crippen molar-refractivity contribution in [3.63, 3.8) is 0 Å². The van der Waals surface area contributed by atoms with Gasteiger partial charge in [-0.05, 0) is 56.2 Å². The van der Waals surface area contributed by atoms with Crippen molar-refractivity contribution in [2.75, 3.05) is 16.4 Å². The van der Waals surface area contributed by atoms with E-state index < -0.39 is 17.6 Å². The molecule has 6 nitrogen and oxygen atoms in total. The summed E-state index contributed by atoms with van der Waals surface area (Å²) in [6, 6.07) is 23.1. The molecule has 0 aromatic heterocycles. The van der Waals surface area contributed by atoms with Crippen molar-refractivity contribution in [3.05, 3.63) is 117 Å². The van der Waals surface area contributed by atoms with Crippen LogP contribution in [0.15, 0.2) is 94.7 Å². The lowest BCUT2D eigenvalue weighted by molar-refractivity contribution is -0.114. The van der Waals surface area contributed by atoms with Gasteiger partial charge in [0.1, 0.15) is 5.82 Å². The molecule has 0 spiro atoms. The number of nitrogens with zero attached hydrogens (tertiary/aromatic N) is 1. The molecule has 0 aliphatic carbocycles. The van der Waals surface area contributed by atoms with E-state index in [1.165, 1.54) is 6.07 Å². The Kier molecular flexibility index (Phi) is 8.29. The number of thioether (sulfide) groups is 1. The molecular formula is C30H27FN4O2S. The number of nitriles is 1. The van der Waals surface area contributed by atoms with Crippen LogP contribution in [0.3, 0.4) is 0 Å². The zero-order valence-electron chi connectivity index (χ0n) is 21.3. The van der Waals surface area contributed by atoms with Gasteiger partial charge in [-0.25, -0.2) is 4.39 Å². The van der Waals surface area contributed by atoms with Crippen LogP contribution in [0.25, 0.3) is 0 Å². The third kappa shape index (κ3) is 5.96. The number of benzene rings is 3. The zero-order chi connectivity index (χ0) is 27.2. The van der Waals surface area contributed by atoms with E-state index in [1.807, 2.05) is 50.2 Å². The van der Waals surface area contributed by atoms with E-state index in [4.69, 9.17) is 0 Å². The van der Waals surface area contributed by atoms with E-state index >= 15 is 4.39 Å². The van der Waals surface area contributed by atoms with E-state index in [0.29, 0.717) is 22.1 Å². The molecule has 192 valence electrons. The third-order valence-corrected chi connectivity index (χ3v) is 7.17. The number of halogens is 1. The molecule has 0 saturated carbocycles. The Bertz CT molecular complexity index is 1510. The molecule has 3 N–H and O–H groups in total. The average Bonchev–Trinajstić information content (AvgIpc) is 2.88. The second-order valence-electron chi connectivity index (χ2n) is 8.95. The molecule has 0 unspecified atom stereocenters. The Morgan fingerprint density at radius 3 is 2.45 bits per heavy atom. The van der Waals surface area contributed by atoms with Crippen LogP contribution in [-0.2, 0) is 9.59 Å². The van der Waals surface area contributed by atoms with Gasteiger partial charge < -0.3 is 16.0 Å². The van der Waals surface area contributed by atoms with Crippen LogP contribution < -0.4 is 16.0 Å². The quantitative estimate of drug-likeness (QED) is 0.343. The monoisotopic (exact) mass is 526 g/mol. The van der Waals surface area contributed by atoms with E-state index in [0.717, 1.165) is 22.9 Å².